The van der Waals surface area contributed by atoms with Crippen molar-refractivity contribution >= 4 is 21.6 Å². The van der Waals surface area contributed by atoms with Gasteiger partial charge in [-0.3, -0.25) is 9.48 Å². The molecule has 8 heteroatoms. The van der Waals surface area contributed by atoms with Crippen molar-refractivity contribution in [2.45, 2.75) is 32.1 Å². The molecule has 140 valence electrons. The third-order valence-corrected chi connectivity index (χ3v) is 7.05. The van der Waals surface area contributed by atoms with Crippen LogP contribution in [0.25, 0.3) is 0 Å². The van der Waals surface area contributed by atoms with E-state index >= 15 is 0 Å². The molecule has 0 saturated carbocycles. The number of aromatic nitrogens is 2. The molecule has 2 aromatic rings. The van der Waals surface area contributed by atoms with Gasteiger partial charge in [-0.15, -0.1) is 0 Å². The Morgan fingerprint density at radius 3 is 2.54 bits per heavy atom. The summed E-state index contributed by atoms with van der Waals surface area (Å²) in [6, 6.07) is 5.03. The summed E-state index contributed by atoms with van der Waals surface area (Å²) in [5, 5.41) is 4.13. The second kappa shape index (κ2) is 6.85. The lowest BCUT2D eigenvalue weighted by Crippen LogP contribution is -2.31. The Balaban J connectivity index is 1.94. The Labute approximate surface area is 154 Å². The summed E-state index contributed by atoms with van der Waals surface area (Å²) in [6.45, 7) is 6.91. The van der Waals surface area contributed by atoms with E-state index in [-0.39, 0.29) is 10.8 Å². The van der Waals surface area contributed by atoms with Gasteiger partial charge in [-0.2, -0.15) is 9.40 Å². The van der Waals surface area contributed by atoms with Crippen molar-refractivity contribution in [3.8, 4) is 0 Å². The van der Waals surface area contributed by atoms with Crippen LogP contribution in [0, 0.1) is 6.92 Å². The Morgan fingerprint density at radius 2 is 1.96 bits per heavy atom. The maximum Gasteiger partial charge on any atom is 0.261 e. The standard InChI is InChI=1S/C18H24N4O3S/c1-5-21(6-2)26(24,25)15-7-8-17-14(11-15)9-10-22(17)18(23)16-12-19-20(4)13(16)3/h7-8,11-12H,5-6,9-10H2,1-4H3. The van der Waals surface area contributed by atoms with Gasteiger partial charge in [0.25, 0.3) is 5.91 Å². The van der Waals surface area contributed by atoms with Gasteiger partial charge in [-0.05, 0) is 37.1 Å². The molecule has 7 nitrogen and oxygen atoms in total. The zero-order chi connectivity index (χ0) is 19.1. The number of hydrogen-bond donors (Lipinski definition) is 0. The van der Waals surface area contributed by atoms with Crippen LogP contribution < -0.4 is 4.90 Å². The summed E-state index contributed by atoms with van der Waals surface area (Å²) < 4.78 is 28.5. The van der Waals surface area contributed by atoms with Crippen molar-refractivity contribution in [1.29, 1.82) is 0 Å². The number of carbonyl (C=O) groups is 1. The van der Waals surface area contributed by atoms with Crippen LogP contribution in [-0.4, -0.2) is 48.0 Å². The minimum absolute atomic E-state index is 0.103. The van der Waals surface area contributed by atoms with E-state index in [1.54, 1.807) is 41.0 Å². The Bertz CT molecular complexity index is 945. The van der Waals surface area contributed by atoms with E-state index in [2.05, 4.69) is 5.10 Å². The lowest BCUT2D eigenvalue weighted by molar-refractivity contribution is 0.0988. The van der Waals surface area contributed by atoms with Crippen LogP contribution in [0.3, 0.4) is 0 Å². The summed E-state index contributed by atoms with van der Waals surface area (Å²) in [5.41, 5.74) is 3.04. The molecule has 0 aliphatic carbocycles. The number of rotatable bonds is 5. The molecule has 1 amide bonds. The number of sulfonamides is 1. The van der Waals surface area contributed by atoms with E-state index in [4.69, 9.17) is 0 Å². The van der Waals surface area contributed by atoms with E-state index in [1.165, 1.54) is 4.31 Å². The first kappa shape index (κ1) is 18.6. The summed E-state index contributed by atoms with van der Waals surface area (Å²) in [7, 11) is -1.70. The van der Waals surface area contributed by atoms with E-state index in [9.17, 15) is 13.2 Å². The lowest BCUT2D eigenvalue weighted by Gasteiger charge is -2.20. The van der Waals surface area contributed by atoms with Gasteiger partial charge >= 0.3 is 0 Å². The van der Waals surface area contributed by atoms with Gasteiger partial charge in [0, 0.05) is 38.1 Å². The zero-order valence-corrected chi connectivity index (χ0v) is 16.4. The van der Waals surface area contributed by atoms with Crippen LogP contribution in [0.15, 0.2) is 29.3 Å². The van der Waals surface area contributed by atoms with Crippen LogP contribution in [0.5, 0.6) is 0 Å². The number of fused-ring (bicyclic) bond motifs is 1. The molecule has 0 N–H and O–H groups in total. The van der Waals surface area contributed by atoms with Crippen LogP contribution >= 0.6 is 0 Å². The number of benzene rings is 1. The molecule has 2 heterocycles. The molecular weight excluding hydrogens is 352 g/mol. The topological polar surface area (TPSA) is 75.5 Å². The second-order valence-corrected chi connectivity index (χ2v) is 8.29. The monoisotopic (exact) mass is 376 g/mol. The first-order valence-electron chi connectivity index (χ1n) is 8.74. The molecule has 0 spiro atoms. The molecule has 0 radical (unpaired) electrons. The van der Waals surface area contributed by atoms with E-state index in [1.807, 2.05) is 20.8 Å². The van der Waals surface area contributed by atoms with Gasteiger partial charge < -0.3 is 4.90 Å². The molecule has 0 atom stereocenters. The second-order valence-electron chi connectivity index (χ2n) is 6.35. The van der Waals surface area contributed by atoms with Crippen molar-refractivity contribution in [3.63, 3.8) is 0 Å². The predicted octanol–water partition coefficient (Wildman–Crippen LogP) is 1.96. The number of carbonyl (C=O) groups excluding carboxylic acids is 1. The number of amides is 1. The largest absolute Gasteiger partial charge is 0.308 e. The van der Waals surface area contributed by atoms with Gasteiger partial charge in [0.2, 0.25) is 10.0 Å². The van der Waals surface area contributed by atoms with Gasteiger partial charge in [0.1, 0.15) is 0 Å². The van der Waals surface area contributed by atoms with Crippen molar-refractivity contribution < 1.29 is 13.2 Å². The quantitative estimate of drug-likeness (QED) is 0.799. The molecule has 0 saturated heterocycles. The van der Waals surface area contributed by atoms with E-state index in [0.29, 0.717) is 31.6 Å². The van der Waals surface area contributed by atoms with Crippen LogP contribution in [0.1, 0.15) is 35.5 Å². The molecule has 1 aliphatic heterocycles. The highest BCUT2D eigenvalue weighted by atomic mass is 32.2. The fourth-order valence-corrected chi connectivity index (χ4v) is 4.83. The Kier molecular flexibility index (Phi) is 4.90. The summed E-state index contributed by atoms with van der Waals surface area (Å²) in [4.78, 5) is 14.9. The average Bonchev–Trinajstić information content (AvgIpc) is 3.19. The SMILES string of the molecule is CCN(CC)S(=O)(=O)c1ccc2c(c1)CCN2C(=O)c1cnn(C)c1C. The number of aryl methyl sites for hydroxylation is 1. The fourth-order valence-electron chi connectivity index (χ4n) is 3.32. The van der Waals surface area contributed by atoms with Crippen molar-refractivity contribution in [3.05, 3.63) is 41.2 Å². The van der Waals surface area contributed by atoms with Crippen molar-refractivity contribution in [2.75, 3.05) is 24.5 Å². The first-order chi connectivity index (χ1) is 12.3. The Hall–Kier alpha value is -2.19. The zero-order valence-electron chi connectivity index (χ0n) is 15.6. The molecule has 0 unspecified atom stereocenters. The minimum atomic E-state index is -3.50. The molecular formula is C18H24N4O3S. The van der Waals surface area contributed by atoms with Crippen molar-refractivity contribution in [1.82, 2.24) is 14.1 Å². The molecule has 0 bridgehead atoms. The Morgan fingerprint density at radius 1 is 1.27 bits per heavy atom. The number of nitrogens with zero attached hydrogens (tertiary/aromatic N) is 4. The van der Waals surface area contributed by atoms with Crippen LogP contribution in [-0.2, 0) is 23.5 Å². The van der Waals surface area contributed by atoms with Gasteiger partial charge in [0.05, 0.1) is 16.7 Å². The van der Waals surface area contributed by atoms with Crippen LogP contribution in [0.2, 0.25) is 0 Å². The average molecular weight is 376 g/mol. The van der Waals surface area contributed by atoms with Crippen molar-refractivity contribution in [2.24, 2.45) is 7.05 Å². The molecule has 26 heavy (non-hydrogen) atoms. The first-order valence-corrected chi connectivity index (χ1v) is 10.2. The van der Waals surface area contributed by atoms with Gasteiger partial charge in [-0.1, -0.05) is 13.8 Å². The molecule has 1 aromatic heterocycles. The maximum atomic E-state index is 12.9. The van der Waals surface area contributed by atoms with Crippen LogP contribution in [0.4, 0.5) is 5.69 Å². The highest BCUT2D eigenvalue weighted by molar-refractivity contribution is 7.89. The third kappa shape index (κ3) is 2.93. The maximum absolute atomic E-state index is 12.9. The lowest BCUT2D eigenvalue weighted by atomic mass is 10.1. The predicted molar refractivity (Wildman–Crippen MR) is 99.9 cm³/mol. The smallest absolute Gasteiger partial charge is 0.261 e. The van der Waals surface area contributed by atoms with Gasteiger partial charge in [-0.25, -0.2) is 8.42 Å². The molecule has 3 rings (SSSR count). The molecule has 0 fully saturated rings. The minimum Gasteiger partial charge on any atom is -0.308 e. The normalized spacial score (nSPS) is 14.1. The summed E-state index contributed by atoms with van der Waals surface area (Å²) in [5.74, 6) is -0.103. The summed E-state index contributed by atoms with van der Waals surface area (Å²) >= 11 is 0. The number of anilines is 1. The highest BCUT2D eigenvalue weighted by Crippen LogP contribution is 2.32. The molecule has 1 aromatic carbocycles. The summed E-state index contributed by atoms with van der Waals surface area (Å²) in [6.07, 6.45) is 2.22. The van der Waals surface area contributed by atoms with E-state index < -0.39 is 10.0 Å². The fraction of sp³-hybridized carbons (Fsp3) is 0.444. The number of hydrogen-bond acceptors (Lipinski definition) is 4. The highest BCUT2D eigenvalue weighted by Gasteiger charge is 2.30. The van der Waals surface area contributed by atoms with Gasteiger partial charge in [0.15, 0.2) is 0 Å². The molecule has 1 aliphatic rings. The van der Waals surface area contributed by atoms with E-state index in [0.717, 1.165) is 16.9 Å². The third-order valence-electron chi connectivity index (χ3n) is 5.00.